The van der Waals surface area contributed by atoms with Crippen molar-refractivity contribution < 1.29 is 16.8 Å². The van der Waals surface area contributed by atoms with Crippen LogP contribution in [-0.4, -0.2) is 23.1 Å². The molecule has 2 aromatic carbocycles. The van der Waals surface area contributed by atoms with E-state index >= 15 is 0 Å². The monoisotopic (exact) mass is 354 g/mol. The predicted octanol–water partition coefficient (Wildman–Crippen LogP) is 2.48. The molecule has 8 heteroatoms. The van der Waals surface area contributed by atoms with E-state index in [1.54, 1.807) is 24.3 Å². The van der Waals surface area contributed by atoms with E-state index in [4.69, 9.17) is 0 Å². The van der Waals surface area contributed by atoms with Gasteiger partial charge in [0.25, 0.3) is 10.0 Å². The Bertz CT molecular complexity index is 936. The smallest absolute Gasteiger partial charge is 0.261 e. The Morgan fingerprint density at radius 3 is 1.87 bits per heavy atom. The Labute approximate surface area is 136 Å². The lowest BCUT2D eigenvalue weighted by Gasteiger charge is -2.14. The lowest BCUT2D eigenvalue weighted by Crippen LogP contribution is -2.16. The normalized spacial score (nSPS) is 12.0. The number of anilines is 2. The third-order valence-electron chi connectivity index (χ3n) is 3.26. The van der Waals surface area contributed by atoms with Gasteiger partial charge in [-0.25, -0.2) is 16.8 Å². The van der Waals surface area contributed by atoms with Crippen LogP contribution in [0.5, 0.6) is 0 Å². The van der Waals surface area contributed by atoms with Gasteiger partial charge in [-0.05, 0) is 49.2 Å². The molecule has 23 heavy (non-hydrogen) atoms. The first-order chi connectivity index (χ1) is 10.6. The molecule has 2 N–H and O–H groups in total. The molecule has 124 valence electrons. The van der Waals surface area contributed by atoms with Crippen molar-refractivity contribution in [2.24, 2.45) is 0 Å². The van der Waals surface area contributed by atoms with Gasteiger partial charge in [0.2, 0.25) is 10.0 Å². The minimum absolute atomic E-state index is 0.120. The van der Waals surface area contributed by atoms with Gasteiger partial charge in [0.15, 0.2) is 0 Å². The SMILES string of the molecule is Cc1ccc(S(=O)(=O)Nc2ccccc2NS(C)(=O)=O)cc1C. The second kappa shape index (κ2) is 6.21. The molecule has 0 saturated heterocycles. The van der Waals surface area contributed by atoms with Gasteiger partial charge in [0.05, 0.1) is 22.5 Å². The molecule has 0 unspecified atom stereocenters. The third-order valence-corrected chi connectivity index (χ3v) is 5.21. The average Bonchev–Trinajstić information content (AvgIpc) is 2.42. The Morgan fingerprint density at radius 1 is 0.783 bits per heavy atom. The zero-order valence-electron chi connectivity index (χ0n) is 13.0. The van der Waals surface area contributed by atoms with Crippen LogP contribution >= 0.6 is 0 Å². The van der Waals surface area contributed by atoms with Crippen LogP contribution in [0, 0.1) is 13.8 Å². The van der Waals surface area contributed by atoms with E-state index in [0.29, 0.717) is 0 Å². The Kier molecular flexibility index (Phi) is 4.67. The van der Waals surface area contributed by atoms with Gasteiger partial charge in [-0.1, -0.05) is 18.2 Å². The lowest BCUT2D eigenvalue weighted by molar-refractivity contribution is 0.600. The molecule has 2 aromatic rings. The minimum Gasteiger partial charge on any atom is -0.282 e. The molecule has 0 spiro atoms. The molecule has 0 radical (unpaired) electrons. The van der Waals surface area contributed by atoms with Crippen LogP contribution in [0.1, 0.15) is 11.1 Å². The van der Waals surface area contributed by atoms with Crippen LogP contribution in [-0.2, 0) is 20.0 Å². The van der Waals surface area contributed by atoms with Gasteiger partial charge in [-0.15, -0.1) is 0 Å². The largest absolute Gasteiger partial charge is 0.282 e. The highest BCUT2D eigenvalue weighted by molar-refractivity contribution is 7.93. The van der Waals surface area contributed by atoms with Crippen molar-refractivity contribution in [1.29, 1.82) is 0 Å². The van der Waals surface area contributed by atoms with E-state index in [0.717, 1.165) is 17.4 Å². The molecule has 2 rings (SSSR count). The van der Waals surface area contributed by atoms with Gasteiger partial charge < -0.3 is 0 Å². The summed E-state index contributed by atoms with van der Waals surface area (Å²) in [5.41, 5.74) is 2.18. The van der Waals surface area contributed by atoms with Crippen LogP contribution in [0.4, 0.5) is 11.4 Å². The van der Waals surface area contributed by atoms with Crippen molar-refractivity contribution in [1.82, 2.24) is 0 Å². The van der Waals surface area contributed by atoms with E-state index in [1.165, 1.54) is 18.2 Å². The predicted molar refractivity (Wildman–Crippen MR) is 91.6 cm³/mol. The van der Waals surface area contributed by atoms with Crippen LogP contribution in [0.15, 0.2) is 47.4 Å². The van der Waals surface area contributed by atoms with E-state index in [9.17, 15) is 16.8 Å². The minimum atomic E-state index is -3.82. The fourth-order valence-corrected chi connectivity index (χ4v) is 3.69. The molecule has 0 aliphatic carbocycles. The fourth-order valence-electron chi connectivity index (χ4n) is 1.95. The summed E-state index contributed by atoms with van der Waals surface area (Å²) in [5, 5.41) is 0. The lowest BCUT2D eigenvalue weighted by atomic mass is 10.1. The number of aryl methyl sites for hydroxylation is 2. The maximum atomic E-state index is 12.5. The zero-order chi connectivity index (χ0) is 17.3. The molecule has 0 amide bonds. The maximum absolute atomic E-state index is 12.5. The van der Waals surface area contributed by atoms with Crippen molar-refractivity contribution >= 4 is 31.4 Å². The van der Waals surface area contributed by atoms with E-state index in [2.05, 4.69) is 9.44 Å². The number of hydrogen-bond donors (Lipinski definition) is 2. The van der Waals surface area contributed by atoms with Crippen LogP contribution in [0.2, 0.25) is 0 Å². The van der Waals surface area contributed by atoms with E-state index in [-0.39, 0.29) is 16.3 Å². The first-order valence-electron chi connectivity index (χ1n) is 6.75. The second-order valence-electron chi connectivity index (χ2n) is 5.27. The topological polar surface area (TPSA) is 92.3 Å². The quantitative estimate of drug-likeness (QED) is 0.863. The van der Waals surface area contributed by atoms with Crippen LogP contribution < -0.4 is 9.44 Å². The Balaban J connectivity index is 2.40. The van der Waals surface area contributed by atoms with E-state index < -0.39 is 20.0 Å². The number of hydrogen-bond acceptors (Lipinski definition) is 4. The molecule has 0 aliphatic heterocycles. The third kappa shape index (κ3) is 4.46. The number of sulfonamides is 2. The molecule has 0 fully saturated rings. The van der Waals surface area contributed by atoms with Gasteiger partial charge in [-0.2, -0.15) is 0 Å². The van der Waals surface area contributed by atoms with Crippen molar-refractivity contribution in [2.75, 3.05) is 15.7 Å². The molecule has 0 bridgehead atoms. The van der Waals surface area contributed by atoms with Gasteiger partial charge in [0, 0.05) is 0 Å². The summed E-state index contributed by atoms with van der Waals surface area (Å²) in [4.78, 5) is 0.120. The molecule has 0 heterocycles. The van der Waals surface area contributed by atoms with Gasteiger partial charge in [0.1, 0.15) is 0 Å². The molecule has 0 aromatic heterocycles. The summed E-state index contributed by atoms with van der Waals surface area (Å²) >= 11 is 0. The molecular weight excluding hydrogens is 336 g/mol. The van der Waals surface area contributed by atoms with Crippen LogP contribution in [0.3, 0.4) is 0 Å². The summed E-state index contributed by atoms with van der Waals surface area (Å²) in [6.07, 6.45) is 1.00. The Hall–Kier alpha value is -2.06. The van der Waals surface area contributed by atoms with Crippen LogP contribution in [0.25, 0.3) is 0 Å². The van der Waals surface area contributed by atoms with E-state index in [1.807, 2.05) is 13.8 Å². The highest BCUT2D eigenvalue weighted by Gasteiger charge is 2.17. The van der Waals surface area contributed by atoms with Gasteiger partial charge in [-0.3, -0.25) is 9.44 Å². The highest BCUT2D eigenvalue weighted by atomic mass is 32.2. The standard InChI is InChI=1S/C15H18N2O4S2/c1-11-8-9-13(10-12(11)2)23(20,21)17-15-7-5-4-6-14(15)16-22(3,18)19/h4-10,16-17H,1-3H3. The first kappa shape index (κ1) is 17.3. The van der Waals surface area contributed by atoms with Crippen molar-refractivity contribution in [2.45, 2.75) is 18.7 Å². The van der Waals surface area contributed by atoms with Crippen molar-refractivity contribution in [3.05, 3.63) is 53.6 Å². The number of para-hydroxylation sites is 2. The summed E-state index contributed by atoms with van der Waals surface area (Å²) in [7, 11) is -7.33. The molecule has 0 atom stereocenters. The van der Waals surface area contributed by atoms with Gasteiger partial charge >= 0.3 is 0 Å². The number of nitrogens with one attached hydrogen (secondary N) is 2. The summed E-state index contributed by atoms with van der Waals surface area (Å²) in [5.74, 6) is 0. The first-order valence-corrected chi connectivity index (χ1v) is 10.1. The summed E-state index contributed by atoms with van der Waals surface area (Å²) in [6, 6.07) is 11.0. The maximum Gasteiger partial charge on any atom is 0.261 e. The Morgan fingerprint density at radius 2 is 1.35 bits per heavy atom. The van der Waals surface area contributed by atoms with Crippen molar-refractivity contribution in [3.63, 3.8) is 0 Å². The molecule has 0 saturated carbocycles. The molecular formula is C15H18N2O4S2. The number of benzene rings is 2. The summed E-state index contributed by atoms with van der Waals surface area (Å²) < 4.78 is 52.5. The summed E-state index contributed by atoms with van der Waals surface area (Å²) in [6.45, 7) is 3.72. The molecule has 6 nitrogen and oxygen atoms in total. The average molecular weight is 354 g/mol. The highest BCUT2D eigenvalue weighted by Crippen LogP contribution is 2.25. The van der Waals surface area contributed by atoms with Crippen molar-refractivity contribution in [3.8, 4) is 0 Å². The second-order valence-corrected chi connectivity index (χ2v) is 8.70. The molecule has 0 aliphatic rings. The zero-order valence-corrected chi connectivity index (χ0v) is 14.6. The number of rotatable bonds is 5. The fraction of sp³-hybridized carbons (Fsp3) is 0.200.